The lowest BCUT2D eigenvalue weighted by molar-refractivity contribution is 0.585. The second-order valence-electron chi connectivity index (χ2n) is 5.40. The molecular formula is C15H25N3S2. The second-order valence-corrected chi connectivity index (χ2v) is 8.34. The van der Waals surface area contributed by atoms with Crippen LogP contribution in [0.5, 0.6) is 0 Å². The van der Waals surface area contributed by atoms with Gasteiger partial charge in [-0.1, -0.05) is 6.92 Å². The standard InChI is InChI=1S/C15H25N3S2/c1-4-12-6-7-13(20-12)10-17-14(16-3)18-11-15(2)8-5-9-19-15/h6-7H,4-5,8-11H2,1-3H3,(H2,16,17,18). The molecule has 0 amide bonds. The highest BCUT2D eigenvalue weighted by Gasteiger charge is 2.29. The maximum Gasteiger partial charge on any atom is 0.191 e. The van der Waals surface area contributed by atoms with E-state index in [1.165, 1.54) is 28.3 Å². The normalized spacial score (nSPS) is 23.1. The first kappa shape index (κ1) is 15.7. The summed E-state index contributed by atoms with van der Waals surface area (Å²) < 4.78 is 0.371. The zero-order valence-corrected chi connectivity index (χ0v) is 14.3. The van der Waals surface area contributed by atoms with Crippen molar-refractivity contribution in [2.45, 2.75) is 44.4 Å². The highest BCUT2D eigenvalue weighted by atomic mass is 32.2. The van der Waals surface area contributed by atoms with Crippen LogP contribution in [0.3, 0.4) is 0 Å². The van der Waals surface area contributed by atoms with E-state index in [4.69, 9.17) is 0 Å². The molecule has 1 saturated heterocycles. The van der Waals surface area contributed by atoms with Gasteiger partial charge in [0.15, 0.2) is 5.96 Å². The molecule has 0 saturated carbocycles. The molecule has 112 valence electrons. The Bertz CT molecular complexity index is 448. The molecule has 3 nitrogen and oxygen atoms in total. The van der Waals surface area contributed by atoms with Gasteiger partial charge >= 0.3 is 0 Å². The van der Waals surface area contributed by atoms with Gasteiger partial charge in [-0.05, 0) is 44.1 Å². The molecule has 0 spiro atoms. The van der Waals surface area contributed by atoms with Gasteiger partial charge in [0.2, 0.25) is 0 Å². The van der Waals surface area contributed by atoms with E-state index in [1.807, 2.05) is 18.4 Å². The Labute approximate surface area is 130 Å². The van der Waals surface area contributed by atoms with E-state index in [0.29, 0.717) is 4.75 Å². The zero-order chi connectivity index (χ0) is 14.4. The van der Waals surface area contributed by atoms with Crippen molar-refractivity contribution in [3.63, 3.8) is 0 Å². The summed E-state index contributed by atoms with van der Waals surface area (Å²) in [6.07, 6.45) is 3.75. The van der Waals surface area contributed by atoms with Crippen LogP contribution >= 0.6 is 23.1 Å². The molecule has 5 heteroatoms. The van der Waals surface area contributed by atoms with Crippen molar-refractivity contribution < 1.29 is 0 Å². The van der Waals surface area contributed by atoms with Crippen molar-refractivity contribution in [1.82, 2.24) is 10.6 Å². The third kappa shape index (κ3) is 4.42. The summed E-state index contributed by atoms with van der Waals surface area (Å²) in [4.78, 5) is 7.12. The Hall–Kier alpha value is -0.680. The molecular weight excluding hydrogens is 286 g/mol. The third-order valence-electron chi connectivity index (χ3n) is 3.65. The first-order chi connectivity index (χ1) is 9.65. The van der Waals surface area contributed by atoms with Crippen LogP contribution in [-0.4, -0.2) is 30.1 Å². The molecule has 2 N–H and O–H groups in total. The Kier molecular flexibility index (Phi) is 5.78. The number of aliphatic imine (C=N–C) groups is 1. The van der Waals surface area contributed by atoms with E-state index in [2.05, 4.69) is 53.4 Å². The summed E-state index contributed by atoms with van der Waals surface area (Å²) in [5.41, 5.74) is 0. The molecule has 2 heterocycles. The number of thiophene rings is 1. The first-order valence-corrected chi connectivity index (χ1v) is 9.11. The average Bonchev–Trinajstić information content (AvgIpc) is 3.08. The Morgan fingerprint density at radius 2 is 2.15 bits per heavy atom. The lowest BCUT2D eigenvalue weighted by atomic mass is 10.1. The molecule has 1 unspecified atom stereocenters. The highest BCUT2D eigenvalue weighted by Crippen LogP contribution is 2.36. The lowest BCUT2D eigenvalue weighted by Crippen LogP contribution is -2.43. The lowest BCUT2D eigenvalue weighted by Gasteiger charge is -2.24. The Morgan fingerprint density at radius 3 is 2.75 bits per heavy atom. The molecule has 2 rings (SSSR count). The van der Waals surface area contributed by atoms with Crippen molar-refractivity contribution in [3.05, 3.63) is 21.9 Å². The van der Waals surface area contributed by atoms with Crippen LogP contribution in [0.15, 0.2) is 17.1 Å². The quantitative estimate of drug-likeness (QED) is 0.647. The van der Waals surface area contributed by atoms with Crippen LogP contribution in [0.4, 0.5) is 0 Å². The minimum atomic E-state index is 0.371. The van der Waals surface area contributed by atoms with Gasteiger partial charge in [0.05, 0.1) is 6.54 Å². The predicted octanol–water partition coefficient (Wildman–Crippen LogP) is 3.26. The fraction of sp³-hybridized carbons (Fsp3) is 0.667. The van der Waals surface area contributed by atoms with Crippen molar-refractivity contribution in [2.75, 3.05) is 19.3 Å². The molecule has 1 aromatic heterocycles. The third-order valence-corrected chi connectivity index (χ3v) is 6.42. The van der Waals surface area contributed by atoms with Crippen LogP contribution in [0.25, 0.3) is 0 Å². The molecule has 1 aliphatic heterocycles. The molecule has 0 radical (unpaired) electrons. The summed E-state index contributed by atoms with van der Waals surface area (Å²) in [5.74, 6) is 2.20. The SMILES string of the molecule is CCc1ccc(CNC(=NC)NCC2(C)CCCS2)s1. The molecule has 0 bridgehead atoms. The van der Waals surface area contributed by atoms with Gasteiger partial charge < -0.3 is 10.6 Å². The second kappa shape index (κ2) is 7.36. The first-order valence-electron chi connectivity index (χ1n) is 7.31. The summed E-state index contributed by atoms with van der Waals surface area (Å²) >= 11 is 3.95. The van der Waals surface area contributed by atoms with Crippen LogP contribution < -0.4 is 10.6 Å². The summed E-state index contributed by atoms with van der Waals surface area (Å²) in [5, 5.41) is 6.87. The largest absolute Gasteiger partial charge is 0.355 e. The minimum absolute atomic E-state index is 0.371. The van der Waals surface area contributed by atoms with Gasteiger partial charge in [-0.2, -0.15) is 11.8 Å². The number of nitrogens with one attached hydrogen (secondary N) is 2. The average molecular weight is 312 g/mol. The maximum absolute atomic E-state index is 4.31. The van der Waals surface area contributed by atoms with Crippen LogP contribution in [0.2, 0.25) is 0 Å². The number of aryl methyl sites for hydroxylation is 1. The van der Waals surface area contributed by atoms with E-state index < -0.39 is 0 Å². The number of nitrogens with zero attached hydrogens (tertiary/aromatic N) is 1. The molecule has 1 fully saturated rings. The molecule has 0 aromatic carbocycles. The number of hydrogen-bond acceptors (Lipinski definition) is 3. The number of rotatable bonds is 5. The van der Waals surface area contributed by atoms with Gasteiger partial charge in [0, 0.05) is 28.1 Å². The fourth-order valence-corrected chi connectivity index (χ4v) is 4.49. The zero-order valence-electron chi connectivity index (χ0n) is 12.7. The monoisotopic (exact) mass is 311 g/mol. The Balaban J connectivity index is 1.77. The van der Waals surface area contributed by atoms with Gasteiger partial charge in [-0.3, -0.25) is 4.99 Å². The predicted molar refractivity (Wildman–Crippen MR) is 92.0 cm³/mol. The molecule has 1 aromatic rings. The van der Waals surface area contributed by atoms with E-state index in [9.17, 15) is 0 Å². The van der Waals surface area contributed by atoms with Gasteiger partial charge in [-0.25, -0.2) is 0 Å². The molecule has 0 aliphatic carbocycles. The maximum atomic E-state index is 4.31. The van der Waals surface area contributed by atoms with Gasteiger partial charge in [-0.15, -0.1) is 11.3 Å². The topological polar surface area (TPSA) is 36.4 Å². The van der Waals surface area contributed by atoms with Gasteiger partial charge in [0.1, 0.15) is 0 Å². The minimum Gasteiger partial charge on any atom is -0.355 e. The molecule has 1 atom stereocenters. The van der Waals surface area contributed by atoms with Crippen LogP contribution in [0.1, 0.15) is 36.4 Å². The fourth-order valence-electron chi connectivity index (χ4n) is 2.35. The smallest absolute Gasteiger partial charge is 0.191 e. The number of guanidine groups is 1. The van der Waals surface area contributed by atoms with Crippen molar-refractivity contribution in [3.8, 4) is 0 Å². The number of hydrogen-bond donors (Lipinski definition) is 2. The Morgan fingerprint density at radius 1 is 1.35 bits per heavy atom. The number of thioether (sulfide) groups is 1. The van der Waals surface area contributed by atoms with E-state index in [-0.39, 0.29) is 0 Å². The molecule has 1 aliphatic rings. The van der Waals surface area contributed by atoms with Crippen LogP contribution in [-0.2, 0) is 13.0 Å². The summed E-state index contributed by atoms with van der Waals surface area (Å²) in [7, 11) is 1.84. The molecule has 20 heavy (non-hydrogen) atoms. The summed E-state index contributed by atoms with van der Waals surface area (Å²) in [6, 6.07) is 4.42. The van der Waals surface area contributed by atoms with E-state index in [1.54, 1.807) is 0 Å². The van der Waals surface area contributed by atoms with Crippen molar-refractivity contribution in [2.24, 2.45) is 4.99 Å². The summed E-state index contributed by atoms with van der Waals surface area (Å²) in [6.45, 7) is 6.39. The van der Waals surface area contributed by atoms with Crippen molar-refractivity contribution in [1.29, 1.82) is 0 Å². The highest BCUT2D eigenvalue weighted by molar-refractivity contribution is 8.00. The van der Waals surface area contributed by atoms with Gasteiger partial charge in [0.25, 0.3) is 0 Å². The van der Waals surface area contributed by atoms with Crippen LogP contribution in [0, 0.1) is 0 Å². The van der Waals surface area contributed by atoms with E-state index >= 15 is 0 Å². The van der Waals surface area contributed by atoms with Crippen molar-refractivity contribution >= 4 is 29.1 Å². The van der Waals surface area contributed by atoms with E-state index in [0.717, 1.165) is 25.5 Å².